The Balaban J connectivity index is 1.91. The van der Waals surface area contributed by atoms with Gasteiger partial charge in [0.15, 0.2) is 11.0 Å². The van der Waals surface area contributed by atoms with Crippen LogP contribution in [0.1, 0.15) is 0 Å². The lowest BCUT2D eigenvalue weighted by atomic mass is 10.0. The quantitative estimate of drug-likeness (QED) is 0.640. The Kier molecular flexibility index (Phi) is 3.53. The van der Waals surface area contributed by atoms with Gasteiger partial charge in [0, 0.05) is 19.2 Å². The minimum absolute atomic E-state index is 0.0300. The third-order valence-corrected chi connectivity index (χ3v) is 2.96. The maximum Gasteiger partial charge on any atom is 0.395 e. The van der Waals surface area contributed by atoms with Gasteiger partial charge in [-0.15, -0.1) is 0 Å². The van der Waals surface area contributed by atoms with Crippen LogP contribution in [0.2, 0.25) is 5.15 Å². The molecule has 0 atom stereocenters. The molecular formula is C10H8ClF4N3O. The molecule has 19 heavy (non-hydrogen) atoms. The molecule has 2 rings (SSSR count). The average Bonchev–Trinajstić information content (AvgIpc) is 2.19. The first-order valence-electron chi connectivity index (χ1n) is 5.21. The maximum absolute atomic E-state index is 13.0. The zero-order valence-corrected chi connectivity index (χ0v) is 10.1. The van der Waals surface area contributed by atoms with Crippen molar-refractivity contribution < 1.29 is 22.4 Å². The summed E-state index contributed by atoms with van der Waals surface area (Å²) >= 11 is 5.35. The van der Waals surface area contributed by atoms with Crippen LogP contribution in [-0.4, -0.2) is 35.2 Å². The van der Waals surface area contributed by atoms with E-state index in [2.05, 4.69) is 10.3 Å². The van der Waals surface area contributed by atoms with Crippen molar-refractivity contribution >= 4 is 23.3 Å². The molecule has 1 aromatic rings. The number of halogens is 5. The summed E-state index contributed by atoms with van der Waals surface area (Å²) in [5.41, 5.74) is 0.0300. The first kappa shape index (κ1) is 13.9. The molecule has 0 spiro atoms. The molecule has 0 aromatic carbocycles. The molecule has 0 radical (unpaired) electrons. The first-order valence-corrected chi connectivity index (χ1v) is 5.59. The summed E-state index contributed by atoms with van der Waals surface area (Å²) in [6, 6.07) is 0.206. The molecule has 2 heterocycles. The van der Waals surface area contributed by atoms with Crippen LogP contribution in [-0.2, 0) is 0 Å². The van der Waals surface area contributed by atoms with Gasteiger partial charge in [-0.25, -0.2) is 14.2 Å². The number of pyridine rings is 1. The molecule has 104 valence electrons. The van der Waals surface area contributed by atoms with Gasteiger partial charge in [-0.05, 0) is 0 Å². The van der Waals surface area contributed by atoms with Crippen LogP contribution < -0.4 is 5.32 Å². The van der Waals surface area contributed by atoms with Crippen LogP contribution in [0.3, 0.4) is 0 Å². The van der Waals surface area contributed by atoms with Crippen LogP contribution in [0.5, 0.6) is 0 Å². The fourth-order valence-corrected chi connectivity index (χ4v) is 1.65. The highest BCUT2D eigenvalue weighted by Gasteiger charge is 2.48. The fourth-order valence-electron chi connectivity index (χ4n) is 1.54. The Morgan fingerprint density at radius 1 is 1.47 bits per heavy atom. The fraction of sp³-hybridized carbons (Fsp3) is 0.400. The molecule has 4 nitrogen and oxygen atoms in total. The summed E-state index contributed by atoms with van der Waals surface area (Å²) in [5, 5.41) is 1.89. The Bertz CT molecular complexity index is 502. The predicted molar refractivity (Wildman–Crippen MR) is 59.3 cm³/mol. The van der Waals surface area contributed by atoms with Crippen molar-refractivity contribution in [2.75, 3.05) is 18.4 Å². The minimum Gasteiger partial charge on any atom is -0.323 e. The zero-order valence-electron chi connectivity index (χ0n) is 9.34. The Morgan fingerprint density at radius 2 is 2.11 bits per heavy atom. The number of hydrogen-bond acceptors (Lipinski definition) is 2. The van der Waals surface area contributed by atoms with E-state index in [1.165, 1.54) is 0 Å². The van der Waals surface area contributed by atoms with Crippen molar-refractivity contribution in [2.24, 2.45) is 5.92 Å². The number of anilines is 1. The minimum atomic E-state index is -4.30. The molecule has 0 aliphatic carbocycles. The molecule has 1 N–H and O–H groups in total. The molecule has 2 amide bonds. The number of amides is 2. The SMILES string of the molecule is O=C(Nc1cnc(Cl)c(F)c1)N1CC(C(F)(F)F)C1. The number of rotatable bonds is 1. The van der Waals surface area contributed by atoms with E-state index in [1.807, 2.05) is 0 Å². The van der Waals surface area contributed by atoms with Gasteiger partial charge in [0.25, 0.3) is 0 Å². The number of carbonyl (C=O) groups excluding carboxylic acids is 1. The normalized spacial score (nSPS) is 16.2. The largest absolute Gasteiger partial charge is 0.395 e. The lowest BCUT2D eigenvalue weighted by Gasteiger charge is -2.39. The van der Waals surface area contributed by atoms with Crippen molar-refractivity contribution in [2.45, 2.75) is 6.18 Å². The van der Waals surface area contributed by atoms with Crippen LogP contribution in [0.15, 0.2) is 12.3 Å². The number of nitrogens with one attached hydrogen (secondary N) is 1. The van der Waals surface area contributed by atoms with Gasteiger partial charge in [0.2, 0.25) is 0 Å². The molecular weight excluding hydrogens is 290 g/mol. The van der Waals surface area contributed by atoms with Gasteiger partial charge in [-0.3, -0.25) is 0 Å². The van der Waals surface area contributed by atoms with Gasteiger partial charge >= 0.3 is 12.2 Å². The third kappa shape index (κ3) is 3.06. The van der Waals surface area contributed by atoms with E-state index in [9.17, 15) is 22.4 Å². The summed E-state index contributed by atoms with van der Waals surface area (Å²) in [7, 11) is 0. The van der Waals surface area contributed by atoms with Gasteiger partial charge in [0.1, 0.15) is 0 Å². The predicted octanol–water partition coefficient (Wildman–Crippen LogP) is 2.90. The summed E-state index contributed by atoms with van der Waals surface area (Å²) in [6.07, 6.45) is -3.19. The highest BCUT2D eigenvalue weighted by Crippen LogP contribution is 2.33. The highest BCUT2D eigenvalue weighted by molar-refractivity contribution is 6.29. The van der Waals surface area contributed by atoms with Crippen molar-refractivity contribution in [1.29, 1.82) is 0 Å². The number of urea groups is 1. The Hall–Kier alpha value is -1.57. The number of hydrogen-bond donors (Lipinski definition) is 1. The van der Waals surface area contributed by atoms with Crippen LogP contribution in [0, 0.1) is 11.7 Å². The third-order valence-electron chi connectivity index (χ3n) is 2.68. The Labute approximate surface area is 110 Å². The van der Waals surface area contributed by atoms with Crippen molar-refractivity contribution in [1.82, 2.24) is 9.88 Å². The molecule has 0 bridgehead atoms. The second kappa shape index (κ2) is 4.84. The molecule has 1 saturated heterocycles. The zero-order chi connectivity index (χ0) is 14.2. The summed E-state index contributed by atoms with van der Waals surface area (Å²) in [6.45, 7) is -0.808. The van der Waals surface area contributed by atoms with E-state index in [1.54, 1.807) is 0 Å². The number of likely N-dealkylation sites (tertiary alicyclic amines) is 1. The van der Waals surface area contributed by atoms with E-state index in [4.69, 9.17) is 11.6 Å². The molecule has 9 heteroatoms. The number of carbonyl (C=O) groups is 1. The first-order chi connectivity index (χ1) is 8.77. The molecule has 1 aliphatic rings. The van der Waals surface area contributed by atoms with Gasteiger partial charge in [-0.2, -0.15) is 13.2 Å². The summed E-state index contributed by atoms with van der Waals surface area (Å²) in [5.74, 6) is -2.32. The van der Waals surface area contributed by atoms with Crippen LogP contribution >= 0.6 is 11.6 Å². The van der Waals surface area contributed by atoms with Crippen molar-refractivity contribution in [3.05, 3.63) is 23.2 Å². The van der Waals surface area contributed by atoms with Gasteiger partial charge < -0.3 is 10.2 Å². The topological polar surface area (TPSA) is 45.2 Å². The van der Waals surface area contributed by atoms with E-state index in [0.29, 0.717) is 0 Å². The smallest absolute Gasteiger partial charge is 0.323 e. The van der Waals surface area contributed by atoms with Gasteiger partial charge in [-0.1, -0.05) is 11.6 Å². The van der Waals surface area contributed by atoms with E-state index < -0.39 is 37.0 Å². The van der Waals surface area contributed by atoms with Crippen molar-refractivity contribution in [3.63, 3.8) is 0 Å². The standard InChI is InChI=1S/C10H8ClF4N3O/c11-8-7(12)1-6(2-16-8)17-9(19)18-3-5(4-18)10(13,14)15/h1-2,5H,3-4H2,(H,17,19). The summed E-state index contributed by atoms with van der Waals surface area (Å²) < 4.78 is 49.7. The van der Waals surface area contributed by atoms with E-state index in [-0.39, 0.29) is 10.8 Å². The highest BCUT2D eigenvalue weighted by atomic mass is 35.5. The lowest BCUT2D eigenvalue weighted by Crippen LogP contribution is -2.56. The Morgan fingerprint density at radius 3 is 2.63 bits per heavy atom. The molecule has 0 unspecified atom stereocenters. The van der Waals surface area contributed by atoms with Crippen molar-refractivity contribution in [3.8, 4) is 0 Å². The summed E-state index contributed by atoms with van der Waals surface area (Å²) in [4.78, 5) is 16.0. The molecule has 1 aliphatic heterocycles. The van der Waals surface area contributed by atoms with E-state index >= 15 is 0 Å². The number of alkyl halides is 3. The molecule has 1 fully saturated rings. The van der Waals surface area contributed by atoms with Crippen LogP contribution in [0.4, 0.5) is 28.0 Å². The average molecular weight is 298 g/mol. The second-order valence-corrected chi connectivity index (χ2v) is 4.43. The lowest BCUT2D eigenvalue weighted by molar-refractivity contribution is -0.201. The van der Waals surface area contributed by atoms with Crippen LogP contribution in [0.25, 0.3) is 0 Å². The number of nitrogens with zero attached hydrogens (tertiary/aromatic N) is 2. The molecule has 0 saturated carbocycles. The second-order valence-electron chi connectivity index (χ2n) is 4.07. The maximum atomic E-state index is 13.0. The van der Waals surface area contributed by atoms with Gasteiger partial charge in [0.05, 0.1) is 17.8 Å². The number of aromatic nitrogens is 1. The van der Waals surface area contributed by atoms with E-state index in [0.717, 1.165) is 17.2 Å². The monoisotopic (exact) mass is 297 g/mol. The molecule has 1 aromatic heterocycles.